The molecule has 3 aliphatic rings. The van der Waals surface area contributed by atoms with Gasteiger partial charge < -0.3 is 63.3 Å². The van der Waals surface area contributed by atoms with Crippen molar-refractivity contribution in [2.24, 2.45) is 0 Å². The Morgan fingerprint density at radius 3 is 1.37 bits per heavy atom. The molecule has 3 fully saturated rings. The van der Waals surface area contributed by atoms with Crippen LogP contribution in [0.1, 0.15) is 143 Å². The first-order chi connectivity index (χ1) is 49.2. The molecule has 1 aliphatic carbocycles. The molecule has 5 heterocycles. The van der Waals surface area contributed by atoms with Crippen LogP contribution in [0.2, 0.25) is 0 Å². The van der Waals surface area contributed by atoms with E-state index in [1.807, 2.05) is 126 Å². The summed E-state index contributed by atoms with van der Waals surface area (Å²) in [5, 5.41) is 60.6. The van der Waals surface area contributed by atoms with Crippen molar-refractivity contribution in [3.8, 4) is 28.4 Å². The molecule has 0 unspecified atom stereocenters. The van der Waals surface area contributed by atoms with Gasteiger partial charge in [0.2, 0.25) is 0 Å². The van der Waals surface area contributed by atoms with Crippen LogP contribution in [0.15, 0.2) is 168 Å². The van der Waals surface area contributed by atoms with Gasteiger partial charge in [0.1, 0.15) is 28.4 Å². The number of aromatic amines is 1. The van der Waals surface area contributed by atoms with Crippen LogP contribution in [0.5, 0.6) is 17.2 Å². The molecule has 0 spiro atoms. The first kappa shape index (κ1) is 90.0. The summed E-state index contributed by atoms with van der Waals surface area (Å²) in [6.07, 6.45) is 2.16. The number of benzene rings is 7. The minimum Gasteiger partial charge on any atom is -0.507 e. The number of aromatic carboxylic acids is 1. The fourth-order valence-corrected chi connectivity index (χ4v) is 10.4. The molecule has 2 aliphatic heterocycles. The number of rotatable bonds is 8. The van der Waals surface area contributed by atoms with Gasteiger partial charge >= 0.3 is 11.9 Å². The number of fused-ring (bicyclic) bond motifs is 3. The molecule has 1 saturated carbocycles. The maximum absolute atomic E-state index is 12.4. The second-order valence-corrected chi connectivity index (χ2v) is 24.3. The average molecular weight is 1740 g/mol. The monoisotopic (exact) mass is 1730 g/mol. The lowest BCUT2D eigenvalue weighted by Crippen LogP contribution is -2.36. The summed E-state index contributed by atoms with van der Waals surface area (Å²) in [6, 6.07) is 36.7. The molecule has 7 aromatic carbocycles. The number of hydrogen-bond donors (Lipinski definition) is 8. The van der Waals surface area contributed by atoms with Crippen molar-refractivity contribution in [3.05, 3.63) is 188 Å². The Balaban J connectivity index is 0.000000419. The normalized spacial score (nSPS) is 12.1. The molecule has 23 nitrogen and oxygen atoms in total. The van der Waals surface area contributed by atoms with E-state index in [4.69, 9.17) is 38.5 Å². The Bertz CT molecular complexity index is 4180. The number of carbonyl (C=O) groups is 4. The van der Waals surface area contributed by atoms with Gasteiger partial charge in [-0.2, -0.15) is 5.16 Å². The van der Waals surface area contributed by atoms with Crippen LogP contribution in [0.4, 0.5) is 11.6 Å². The predicted molar refractivity (Wildman–Crippen MR) is 420 cm³/mol. The number of methoxy groups -OCH3 is 1. The number of aromatic hydroxyl groups is 3. The molecule has 2 saturated heterocycles. The second-order valence-electron chi connectivity index (χ2n) is 19.7. The van der Waals surface area contributed by atoms with Crippen molar-refractivity contribution < 1.29 is 72.6 Å². The number of carbonyl (C=O) groups excluding carboxylic acids is 3. The summed E-state index contributed by atoms with van der Waals surface area (Å²) in [7, 11) is 1.27. The Kier molecular flexibility index (Phi) is 43.0. The van der Waals surface area contributed by atoms with Gasteiger partial charge in [-0.3, -0.25) is 19.6 Å². The molecular weight excluding hydrogens is 1640 g/mol. The Morgan fingerprint density at radius 2 is 0.931 bits per heavy atom. The number of anilines is 2. The molecule has 0 atom stereocenters. The number of carboxylic acid groups (broad SMARTS) is 1. The molecule has 3 aromatic heterocycles. The first-order valence-electron chi connectivity index (χ1n) is 33.2. The fourth-order valence-electron chi connectivity index (χ4n) is 8.72. The highest BCUT2D eigenvalue weighted by molar-refractivity contribution is 9.11. The highest BCUT2D eigenvalue weighted by Crippen LogP contribution is 2.34. The smallest absolute Gasteiger partial charge is 0.341 e. The minimum absolute atomic E-state index is 0.000836. The Labute approximate surface area is 636 Å². The van der Waals surface area contributed by atoms with E-state index in [2.05, 4.69) is 134 Å². The maximum atomic E-state index is 12.4. The van der Waals surface area contributed by atoms with Crippen molar-refractivity contribution in [1.82, 2.24) is 26.3 Å². The van der Waals surface area contributed by atoms with Gasteiger partial charge in [0.15, 0.2) is 28.4 Å². The number of halogens is 5. The van der Waals surface area contributed by atoms with E-state index in [-0.39, 0.29) is 45.4 Å². The van der Waals surface area contributed by atoms with Gasteiger partial charge in [-0.1, -0.05) is 185 Å². The number of esters is 1. The Morgan fingerprint density at radius 1 is 0.520 bits per heavy atom. The largest absolute Gasteiger partial charge is 0.507 e. The number of morpholine rings is 2. The van der Waals surface area contributed by atoms with E-state index in [9.17, 15) is 34.2 Å². The zero-order valence-electron chi connectivity index (χ0n) is 59.7. The lowest BCUT2D eigenvalue weighted by Gasteiger charge is -2.26. The second kappa shape index (κ2) is 48.7. The number of nitrogens with one attached hydrogen (secondary N) is 3. The van der Waals surface area contributed by atoms with Crippen molar-refractivity contribution in [2.75, 3.05) is 69.5 Å². The van der Waals surface area contributed by atoms with Crippen LogP contribution in [0.25, 0.3) is 44.0 Å². The zero-order chi connectivity index (χ0) is 76.6. The third kappa shape index (κ3) is 27.9. The van der Waals surface area contributed by atoms with Crippen LogP contribution in [-0.4, -0.2) is 131 Å². The third-order valence-electron chi connectivity index (χ3n) is 13.5. The van der Waals surface area contributed by atoms with Gasteiger partial charge in [0.05, 0.1) is 55.3 Å². The number of aromatic nitrogens is 3. The quantitative estimate of drug-likeness (QED) is 0.0398. The molecule has 2 amide bonds. The van der Waals surface area contributed by atoms with E-state index in [1.54, 1.807) is 36.4 Å². The SMILES string of the molecule is Brc1ccc2c(N3CCOCC3)noc2c1.CC.CC.CC.CC.CC.CC.COC(=O)c1ccc(Br)cc1O.Cc1ccc(C(=O)NC2CC2)cc1-c1ccc2c(N3CCOCC3)noc2c1.O=C(NO)c1ccc(Br)cc1O.O=C(O)c1ccc(Br)cc1O.O=c1[nH]oc2cc(Br)ccc12. The molecule has 102 heavy (non-hydrogen) atoms. The molecule has 8 N–H and O–H groups in total. The van der Waals surface area contributed by atoms with Gasteiger partial charge in [0.25, 0.3) is 17.4 Å². The highest BCUT2D eigenvalue weighted by atomic mass is 79.9. The highest BCUT2D eigenvalue weighted by Gasteiger charge is 2.25. The van der Waals surface area contributed by atoms with Crippen LogP contribution >= 0.6 is 79.6 Å². The van der Waals surface area contributed by atoms with Crippen LogP contribution in [0.3, 0.4) is 0 Å². The first-order valence-corrected chi connectivity index (χ1v) is 37.2. The number of hydroxylamine groups is 1. The fraction of sp³-hybridized carbons (Fsp3) is 0.338. The number of phenols is 3. The van der Waals surface area contributed by atoms with Crippen LogP contribution in [0, 0.1) is 6.92 Å². The van der Waals surface area contributed by atoms with Gasteiger partial charge in [-0.15, -0.1) is 0 Å². The number of amides is 2. The van der Waals surface area contributed by atoms with E-state index >= 15 is 0 Å². The molecule has 28 heteroatoms. The lowest BCUT2D eigenvalue weighted by molar-refractivity contribution is 0.0595. The zero-order valence-corrected chi connectivity index (χ0v) is 67.6. The molecule has 0 radical (unpaired) electrons. The topological polar surface area (TPSA) is 326 Å². The standard InChI is InChI=1S/C22H23N3O3.C11H11BrN2O2.C8H7BrO3.C7H6BrNO3.C7H4BrNO2.C7H5BrO3.6C2H6/c1-14-2-3-16(22(26)23-17-5-6-17)12-19(14)15-4-7-18-20(13-15)28-24-21(18)25-8-10-27-11-9-25;12-8-1-2-9-10(7-8)16-13-11(9)14-3-5-15-6-4-14;1-12-8(11)6-3-2-5(9)4-7(6)10;8-4-1-2-5(6(10)3-4)7(11)9-12;8-4-1-2-5-6(3-4)11-9-7(5)10;8-4-1-2-5(7(10)11)6(9)3-4;6*1-2/h2-4,7,12-13,17H,5-6,8-11H2,1H3,(H,23,26);1-2,7H,3-6H2;2-4,10H,1H3;1-3,10,12H,(H,9,11);1-3H,(H,9,10);1-3,9H,(H,10,11);6*1-2H3. The number of nitrogens with zero attached hydrogens (tertiary/aromatic N) is 4. The predicted octanol–water partition coefficient (Wildman–Crippen LogP) is 19.1. The lowest BCUT2D eigenvalue weighted by atomic mass is 9.97. The van der Waals surface area contributed by atoms with Gasteiger partial charge in [-0.05, 0) is 152 Å². The number of H-pyrrole nitrogens is 1. The molecule has 0 bridgehead atoms. The minimum atomic E-state index is -1.13. The summed E-state index contributed by atoms with van der Waals surface area (Å²) >= 11 is 16.0. The van der Waals surface area contributed by atoms with Crippen molar-refractivity contribution in [3.63, 3.8) is 0 Å². The van der Waals surface area contributed by atoms with E-state index in [0.717, 1.165) is 111 Å². The number of ether oxygens (including phenoxy) is 3. The summed E-state index contributed by atoms with van der Waals surface area (Å²) in [5.74, 6) is -1.11. The van der Waals surface area contributed by atoms with Crippen LogP contribution in [-0.2, 0) is 14.2 Å². The summed E-state index contributed by atoms with van der Waals surface area (Å²) in [5.41, 5.74) is 7.37. The molecular formula is C74H92Br5N7O16. The molecule has 10 aromatic rings. The maximum Gasteiger partial charge on any atom is 0.341 e. The van der Waals surface area contributed by atoms with E-state index in [0.29, 0.717) is 49.2 Å². The van der Waals surface area contributed by atoms with E-state index in [1.165, 1.54) is 49.0 Å². The summed E-state index contributed by atoms with van der Waals surface area (Å²) in [4.78, 5) is 59.9. The van der Waals surface area contributed by atoms with Crippen LogP contribution < -0.4 is 26.2 Å². The van der Waals surface area contributed by atoms with Crippen molar-refractivity contribution in [1.29, 1.82) is 0 Å². The number of carboxylic acids is 1. The van der Waals surface area contributed by atoms with E-state index < -0.39 is 17.8 Å². The van der Waals surface area contributed by atoms with Gasteiger partial charge in [0, 0.05) is 60.1 Å². The molecule has 13 rings (SSSR count). The number of hydrogen-bond acceptors (Lipinski definition) is 19. The summed E-state index contributed by atoms with van der Waals surface area (Å²) < 4.78 is 34.9. The third-order valence-corrected chi connectivity index (χ3v) is 16.0. The van der Waals surface area contributed by atoms with Gasteiger partial charge in [-0.25, -0.2) is 15.1 Å². The number of aryl methyl sites for hydroxylation is 1. The van der Waals surface area contributed by atoms with Crippen molar-refractivity contribution >= 4 is 148 Å². The van der Waals surface area contributed by atoms with Crippen molar-refractivity contribution in [2.45, 2.75) is 109 Å². The molecule has 554 valence electrons. The summed E-state index contributed by atoms with van der Waals surface area (Å²) in [6.45, 7) is 32.4. The Hall–Kier alpha value is -8.09. The number of phenolic OH excluding ortho intramolecular Hbond substituents is 2. The average Bonchev–Trinajstić information content (AvgIpc) is 1.44.